The van der Waals surface area contributed by atoms with Gasteiger partial charge in [-0.15, -0.1) is 0 Å². The van der Waals surface area contributed by atoms with Crippen LogP contribution in [0.2, 0.25) is 0 Å². The molecule has 0 unspecified atom stereocenters. The molecule has 9 heteroatoms. The fourth-order valence-electron chi connectivity index (χ4n) is 4.53. The first-order chi connectivity index (χ1) is 18.5. The molecule has 0 aliphatic rings. The Balaban J connectivity index is 1.28. The first-order valence-corrected chi connectivity index (χ1v) is 12.6. The average Bonchev–Trinajstić information content (AvgIpc) is 3.47. The second-order valence-corrected chi connectivity index (χ2v) is 9.02. The van der Waals surface area contributed by atoms with Gasteiger partial charge in [0.1, 0.15) is 22.9 Å². The minimum Gasteiger partial charge on any atom is -0.384 e. The van der Waals surface area contributed by atoms with Gasteiger partial charge in [0.05, 0.1) is 11.1 Å². The van der Waals surface area contributed by atoms with E-state index in [-0.39, 0.29) is 11.3 Å². The van der Waals surface area contributed by atoms with Crippen molar-refractivity contribution < 1.29 is 4.79 Å². The highest BCUT2D eigenvalue weighted by Crippen LogP contribution is 2.26. The highest BCUT2D eigenvalue weighted by Gasteiger charge is 2.19. The molecule has 0 aliphatic carbocycles. The average molecular weight is 508 g/mol. The number of nitrogens with two attached hydrogens (primary N) is 1. The Kier molecular flexibility index (Phi) is 7.26. The Labute approximate surface area is 219 Å². The standard InChI is InChI=1S/C29H29N7O2/c1-2-36-27(30)25(28-32-16-17-33-28)26(38)22-10-11-23(35-29(22)36)21-8-6-19(7-9-21)4-3-5-24(37)34-18-20-12-14-31-15-13-20/h6-17H,2-5,18,30H2,1H3,(H,32,33)(H,34,37). The summed E-state index contributed by atoms with van der Waals surface area (Å²) in [4.78, 5) is 41.4. The van der Waals surface area contributed by atoms with Crippen LogP contribution in [0.15, 0.2) is 78.1 Å². The number of amides is 1. The molecule has 9 nitrogen and oxygen atoms in total. The summed E-state index contributed by atoms with van der Waals surface area (Å²) in [5.74, 6) is 0.822. The smallest absolute Gasteiger partial charge is 0.220 e. The number of nitrogens with zero attached hydrogens (tertiary/aromatic N) is 4. The van der Waals surface area contributed by atoms with Crippen LogP contribution in [0.5, 0.6) is 0 Å². The van der Waals surface area contributed by atoms with Crippen LogP contribution in [0.4, 0.5) is 5.82 Å². The van der Waals surface area contributed by atoms with Crippen molar-refractivity contribution in [3.8, 4) is 22.6 Å². The molecule has 0 bridgehead atoms. The van der Waals surface area contributed by atoms with E-state index in [9.17, 15) is 9.59 Å². The van der Waals surface area contributed by atoms with Gasteiger partial charge in [-0.2, -0.15) is 0 Å². The van der Waals surface area contributed by atoms with Crippen LogP contribution in [-0.2, 0) is 24.3 Å². The van der Waals surface area contributed by atoms with E-state index in [4.69, 9.17) is 10.7 Å². The van der Waals surface area contributed by atoms with Gasteiger partial charge in [-0.25, -0.2) is 9.97 Å². The van der Waals surface area contributed by atoms with Gasteiger partial charge in [-0.3, -0.25) is 14.6 Å². The predicted octanol–water partition coefficient (Wildman–Crippen LogP) is 4.09. The van der Waals surface area contributed by atoms with Crippen LogP contribution in [0.25, 0.3) is 33.7 Å². The lowest BCUT2D eigenvalue weighted by atomic mass is 10.0. The number of imidazole rings is 1. The fourth-order valence-corrected chi connectivity index (χ4v) is 4.53. The summed E-state index contributed by atoms with van der Waals surface area (Å²) in [5.41, 5.74) is 11.0. The fraction of sp³-hybridized carbons (Fsp3) is 0.207. The van der Waals surface area contributed by atoms with E-state index in [2.05, 4.69) is 32.4 Å². The zero-order valence-electron chi connectivity index (χ0n) is 21.1. The third kappa shape index (κ3) is 5.17. The lowest BCUT2D eigenvalue weighted by molar-refractivity contribution is -0.121. The lowest BCUT2D eigenvalue weighted by Gasteiger charge is -2.15. The lowest BCUT2D eigenvalue weighted by Crippen LogP contribution is -2.22. The molecule has 0 atom stereocenters. The zero-order chi connectivity index (χ0) is 26.5. The summed E-state index contributed by atoms with van der Waals surface area (Å²) in [6.07, 6.45) is 8.72. The molecule has 192 valence electrons. The number of hydrogen-bond donors (Lipinski definition) is 3. The van der Waals surface area contributed by atoms with E-state index < -0.39 is 0 Å². The van der Waals surface area contributed by atoms with Gasteiger partial charge in [0, 0.05) is 49.9 Å². The van der Waals surface area contributed by atoms with E-state index in [0.29, 0.717) is 47.7 Å². The van der Waals surface area contributed by atoms with Crippen molar-refractivity contribution in [2.75, 3.05) is 5.73 Å². The molecule has 0 spiro atoms. The Morgan fingerprint density at radius 3 is 2.53 bits per heavy atom. The Morgan fingerprint density at radius 2 is 1.82 bits per heavy atom. The molecule has 4 N–H and O–H groups in total. The number of aryl methyl sites for hydroxylation is 2. The largest absolute Gasteiger partial charge is 0.384 e. The number of fused-ring (bicyclic) bond motifs is 1. The monoisotopic (exact) mass is 507 g/mol. The minimum atomic E-state index is -0.198. The van der Waals surface area contributed by atoms with Crippen molar-refractivity contribution in [3.05, 3.63) is 94.7 Å². The molecule has 0 fully saturated rings. The number of rotatable bonds is 9. The molecule has 0 radical (unpaired) electrons. The van der Waals surface area contributed by atoms with Gasteiger partial charge in [0.25, 0.3) is 0 Å². The molecule has 5 rings (SSSR count). The Bertz CT molecular complexity index is 1610. The number of carbonyl (C=O) groups excluding carboxylic acids is 1. The summed E-state index contributed by atoms with van der Waals surface area (Å²) < 4.78 is 1.84. The van der Waals surface area contributed by atoms with E-state index in [1.165, 1.54) is 0 Å². The van der Waals surface area contributed by atoms with Gasteiger partial charge in [0.15, 0.2) is 0 Å². The Hall–Kier alpha value is -4.79. The van der Waals surface area contributed by atoms with E-state index in [1.54, 1.807) is 30.9 Å². The molecule has 38 heavy (non-hydrogen) atoms. The maximum absolute atomic E-state index is 13.2. The third-order valence-corrected chi connectivity index (χ3v) is 6.56. The van der Waals surface area contributed by atoms with Crippen molar-refractivity contribution >= 4 is 22.8 Å². The third-order valence-electron chi connectivity index (χ3n) is 6.56. The van der Waals surface area contributed by atoms with Crippen molar-refractivity contribution in [2.24, 2.45) is 0 Å². The van der Waals surface area contributed by atoms with Gasteiger partial charge < -0.3 is 20.6 Å². The van der Waals surface area contributed by atoms with Gasteiger partial charge in [-0.1, -0.05) is 24.3 Å². The number of aromatic nitrogens is 5. The number of carbonyl (C=O) groups is 1. The van der Waals surface area contributed by atoms with Gasteiger partial charge in [0.2, 0.25) is 11.3 Å². The van der Waals surface area contributed by atoms with Gasteiger partial charge in [-0.05, 0) is 55.2 Å². The second-order valence-electron chi connectivity index (χ2n) is 9.02. The number of aromatic amines is 1. The van der Waals surface area contributed by atoms with Crippen molar-refractivity contribution in [2.45, 2.75) is 39.3 Å². The minimum absolute atomic E-state index is 0.0373. The van der Waals surface area contributed by atoms with Crippen LogP contribution in [-0.4, -0.2) is 30.4 Å². The van der Waals surface area contributed by atoms with Crippen LogP contribution in [0.1, 0.15) is 30.9 Å². The van der Waals surface area contributed by atoms with E-state index in [0.717, 1.165) is 35.2 Å². The Morgan fingerprint density at radius 1 is 1.03 bits per heavy atom. The maximum atomic E-state index is 13.2. The molecule has 0 saturated carbocycles. The highest BCUT2D eigenvalue weighted by atomic mass is 16.1. The normalized spacial score (nSPS) is 11.1. The summed E-state index contributed by atoms with van der Waals surface area (Å²) in [5, 5.41) is 3.44. The second kappa shape index (κ2) is 11.1. The number of benzene rings is 1. The van der Waals surface area contributed by atoms with Crippen molar-refractivity contribution in [3.63, 3.8) is 0 Å². The number of H-pyrrole nitrogens is 1. The number of pyridine rings is 3. The quantitative estimate of drug-likeness (QED) is 0.275. The van der Waals surface area contributed by atoms with Crippen LogP contribution in [0.3, 0.4) is 0 Å². The van der Waals surface area contributed by atoms with E-state index in [1.807, 2.05) is 41.8 Å². The summed E-state index contributed by atoms with van der Waals surface area (Å²) in [7, 11) is 0. The number of nitrogen functional groups attached to an aromatic ring is 1. The molecular formula is C29H29N7O2. The highest BCUT2D eigenvalue weighted by molar-refractivity contribution is 5.87. The molecule has 5 aromatic rings. The van der Waals surface area contributed by atoms with Crippen LogP contribution in [0, 0.1) is 0 Å². The van der Waals surface area contributed by atoms with Crippen LogP contribution < -0.4 is 16.5 Å². The number of nitrogens with one attached hydrogen (secondary N) is 2. The first-order valence-electron chi connectivity index (χ1n) is 12.6. The first kappa shape index (κ1) is 24.9. The topological polar surface area (TPSA) is 132 Å². The number of hydrogen-bond acceptors (Lipinski definition) is 6. The summed E-state index contributed by atoms with van der Waals surface area (Å²) >= 11 is 0. The molecule has 0 aliphatic heterocycles. The zero-order valence-corrected chi connectivity index (χ0v) is 21.1. The van der Waals surface area contributed by atoms with Gasteiger partial charge >= 0.3 is 0 Å². The van der Waals surface area contributed by atoms with Crippen molar-refractivity contribution in [1.82, 2.24) is 29.8 Å². The summed E-state index contributed by atoms with van der Waals surface area (Å²) in [6, 6.07) is 15.6. The van der Waals surface area contributed by atoms with Crippen LogP contribution >= 0.6 is 0 Å². The maximum Gasteiger partial charge on any atom is 0.220 e. The molecule has 4 heterocycles. The van der Waals surface area contributed by atoms with E-state index >= 15 is 0 Å². The SMILES string of the molecule is CCn1c(N)c(-c2ncc[nH]2)c(=O)c2ccc(-c3ccc(CCCC(=O)NCc4ccncc4)cc3)nc21. The van der Waals surface area contributed by atoms with Crippen molar-refractivity contribution in [1.29, 1.82) is 0 Å². The molecule has 0 saturated heterocycles. The number of anilines is 1. The molecular weight excluding hydrogens is 478 g/mol. The predicted molar refractivity (Wildman–Crippen MR) is 148 cm³/mol. The summed E-state index contributed by atoms with van der Waals surface area (Å²) in [6.45, 7) is 3.03. The molecule has 4 aromatic heterocycles. The molecule has 1 amide bonds. The molecule has 1 aromatic carbocycles.